The van der Waals surface area contributed by atoms with Crippen molar-refractivity contribution in [1.82, 2.24) is 0 Å². The molecule has 2 rings (SSSR count). The average molecular weight is 291 g/mol. The van der Waals surface area contributed by atoms with Crippen LogP contribution in [0.15, 0.2) is 28.7 Å². The Bertz CT molecular complexity index is 576. The Morgan fingerprint density at radius 3 is 2.44 bits per heavy atom. The van der Waals surface area contributed by atoms with E-state index in [4.69, 9.17) is 4.18 Å². The predicted molar refractivity (Wildman–Crippen MR) is 65.4 cm³/mol. The van der Waals surface area contributed by atoms with Crippen LogP contribution >= 0.6 is 0 Å². The van der Waals surface area contributed by atoms with Crippen molar-refractivity contribution in [3.63, 3.8) is 0 Å². The molecule has 0 unspecified atom stereocenters. The Morgan fingerprint density at radius 1 is 1.22 bits per heavy atom. The molecule has 0 bridgehead atoms. The average Bonchev–Trinajstić information content (AvgIpc) is 2.13. The normalized spacial score (nSPS) is 16.9. The Kier molecular flexibility index (Phi) is 4.05. The fraction of sp³-hybridized carbons (Fsp3) is 0.364. The van der Waals surface area contributed by atoms with Crippen LogP contribution in [0.5, 0.6) is 5.75 Å². The Balaban J connectivity index is 0.00000162. The summed E-state index contributed by atoms with van der Waals surface area (Å²) in [6, 6.07) is 7.03. The van der Waals surface area contributed by atoms with Gasteiger partial charge in [0.05, 0.1) is 21.1 Å². The molecular weight excluding hydrogens is 276 g/mol. The quantitative estimate of drug-likeness (QED) is 0.582. The fourth-order valence-corrected chi connectivity index (χ4v) is 2.49. The first-order chi connectivity index (χ1) is 7.77. The molecule has 0 atom stereocenters. The topological polar surface area (TPSA) is 55.7 Å². The molecule has 100 valence electrons. The Hall–Kier alpha value is -1.11. The molecule has 18 heavy (non-hydrogen) atoms. The maximum absolute atomic E-state index is 11.5. The van der Waals surface area contributed by atoms with Crippen molar-refractivity contribution in [3.05, 3.63) is 29.8 Å². The van der Waals surface area contributed by atoms with Gasteiger partial charge >= 0.3 is 10.3 Å². The largest absolute Gasteiger partial charge is 1.00 e. The summed E-state index contributed by atoms with van der Waals surface area (Å²) >= 11 is 0. The standard InChI is InChI=1S/C11H15N2O3S.ClH/c1-13(2,3)8-10-9-6-4-5-7-11(9)16-17(14,15)12-10;/h4-7H,8H2,1-3H3;1H/q+1;/p-1. The highest BCUT2D eigenvalue weighted by Gasteiger charge is 2.27. The van der Waals surface area contributed by atoms with Crippen LogP contribution in [-0.2, 0) is 10.3 Å². The molecule has 0 radical (unpaired) electrons. The van der Waals surface area contributed by atoms with E-state index in [1.807, 2.05) is 33.3 Å². The molecule has 1 aliphatic rings. The zero-order valence-corrected chi connectivity index (χ0v) is 12.0. The lowest BCUT2D eigenvalue weighted by Gasteiger charge is -2.26. The van der Waals surface area contributed by atoms with Gasteiger partial charge in [0.2, 0.25) is 0 Å². The van der Waals surface area contributed by atoms with E-state index in [2.05, 4.69) is 4.40 Å². The van der Waals surface area contributed by atoms with Crippen molar-refractivity contribution in [2.75, 3.05) is 27.7 Å². The SMILES string of the molecule is C[N+](C)(C)CC1=NS(=O)(=O)Oc2ccccc21.[Cl-]. The van der Waals surface area contributed by atoms with Crippen LogP contribution in [-0.4, -0.2) is 46.3 Å². The number of fused-ring (bicyclic) bond motifs is 1. The first-order valence-corrected chi connectivity index (χ1v) is 6.56. The van der Waals surface area contributed by atoms with Gasteiger partial charge in [-0.15, -0.1) is 4.40 Å². The van der Waals surface area contributed by atoms with E-state index < -0.39 is 10.3 Å². The van der Waals surface area contributed by atoms with Gasteiger partial charge < -0.3 is 21.1 Å². The summed E-state index contributed by atoms with van der Waals surface area (Å²) in [5, 5.41) is 0. The van der Waals surface area contributed by atoms with E-state index in [1.54, 1.807) is 12.1 Å². The van der Waals surface area contributed by atoms with Crippen LogP contribution < -0.4 is 16.6 Å². The van der Waals surface area contributed by atoms with Crippen LogP contribution in [0.1, 0.15) is 5.56 Å². The molecule has 0 aliphatic carbocycles. The fourth-order valence-electron chi connectivity index (χ4n) is 1.66. The second-order valence-corrected chi connectivity index (χ2v) is 6.20. The maximum atomic E-state index is 11.5. The Labute approximate surface area is 113 Å². The van der Waals surface area contributed by atoms with Crippen molar-refractivity contribution in [2.24, 2.45) is 4.40 Å². The molecule has 0 fully saturated rings. The molecule has 1 aromatic rings. The highest BCUT2D eigenvalue weighted by molar-refractivity contribution is 7.86. The highest BCUT2D eigenvalue weighted by Crippen LogP contribution is 2.26. The second kappa shape index (κ2) is 4.87. The molecule has 0 saturated heterocycles. The van der Waals surface area contributed by atoms with Crippen molar-refractivity contribution < 1.29 is 29.5 Å². The van der Waals surface area contributed by atoms with Crippen molar-refractivity contribution >= 4 is 16.0 Å². The summed E-state index contributed by atoms with van der Waals surface area (Å²) in [5.74, 6) is 0.353. The molecule has 5 nitrogen and oxygen atoms in total. The van der Waals surface area contributed by atoms with E-state index in [0.717, 1.165) is 5.56 Å². The third-order valence-corrected chi connectivity index (χ3v) is 3.07. The number of hydrogen-bond donors (Lipinski definition) is 0. The Morgan fingerprint density at radius 2 is 1.83 bits per heavy atom. The summed E-state index contributed by atoms with van der Waals surface area (Å²) in [5.41, 5.74) is 1.29. The number of para-hydroxylation sites is 1. The minimum atomic E-state index is -3.84. The summed E-state index contributed by atoms with van der Waals surface area (Å²) in [6.07, 6.45) is 0. The summed E-state index contributed by atoms with van der Waals surface area (Å²) in [4.78, 5) is 0. The smallest absolute Gasteiger partial charge is 0.428 e. The van der Waals surface area contributed by atoms with Gasteiger partial charge in [0, 0.05) is 5.56 Å². The van der Waals surface area contributed by atoms with Crippen LogP contribution in [0, 0.1) is 0 Å². The van der Waals surface area contributed by atoms with Crippen molar-refractivity contribution in [2.45, 2.75) is 0 Å². The third-order valence-electron chi connectivity index (χ3n) is 2.24. The lowest BCUT2D eigenvalue weighted by Crippen LogP contribution is -3.00. The lowest BCUT2D eigenvalue weighted by molar-refractivity contribution is -0.860. The number of benzene rings is 1. The van der Waals surface area contributed by atoms with Crippen LogP contribution in [0.4, 0.5) is 0 Å². The first kappa shape index (κ1) is 14.9. The van der Waals surface area contributed by atoms with Gasteiger partial charge in [-0.2, -0.15) is 8.42 Å². The molecule has 0 N–H and O–H groups in total. The monoisotopic (exact) mass is 290 g/mol. The van der Waals surface area contributed by atoms with Gasteiger partial charge in [-0.05, 0) is 12.1 Å². The maximum Gasteiger partial charge on any atom is 0.428 e. The van der Waals surface area contributed by atoms with Gasteiger partial charge in [0.1, 0.15) is 12.3 Å². The first-order valence-electron chi connectivity index (χ1n) is 5.20. The molecule has 0 spiro atoms. The van der Waals surface area contributed by atoms with E-state index in [1.165, 1.54) is 0 Å². The molecule has 1 aliphatic heterocycles. The number of hydrogen-bond acceptors (Lipinski definition) is 3. The van der Waals surface area contributed by atoms with E-state index >= 15 is 0 Å². The summed E-state index contributed by atoms with van der Waals surface area (Å²) in [6.45, 7) is 0.527. The molecule has 0 saturated carbocycles. The molecule has 0 aromatic heterocycles. The van der Waals surface area contributed by atoms with Crippen LogP contribution in [0.2, 0.25) is 0 Å². The summed E-state index contributed by atoms with van der Waals surface area (Å²) in [7, 11) is 2.10. The van der Waals surface area contributed by atoms with Gasteiger partial charge in [-0.3, -0.25) is 0 Å². The van der Waals surface area contributed by atoms with Gasteiger partial charge in [-0.25, -0.2) is 0 Å². The van der Waals surface area contributed by atoms with E-state index in [-0.39, 0.29) is 12.4 Å². The van der Waals surface area contributed by atoms with E-state index in [9.17, 15) is 8.42 Å². The minimum absolute atomic E-state index is 0. The number of quaternary nitrogens is 1. The number of likely N-dealkylation sites (N-methyl/N-ethyl adjacent to an activating group) is 1. The zero-order valence-electron chi connectivity index (χ0n) is 10.4. The molecule has 1 aromatic carbocycles. The van der Waals surface area contributed by atoms with Gasteiger partial charge in [-0.1, -0.05) is 12.1 Å². The summed E-state index contributed by atoms with van der Waals surface area (Å²) < 4.78 is 32.1. The minimum Gasteiger partial charge on any atom is -1.00 e. The molecular formula is C11H15ClN2O3S. The molecule has 0 amide bonds. The third kappa shape index (κ3) is 3.44. The van der Waals surface area contributed by atoms with Crippen LogP contribution in [0.3, 0.4) is 0 Å². The lowest BCUT2D eigenvalue weighted by atomic mass is 10.1. The highest BCUT2D eigenvalue weighted by atomic mass is 35.5. The number of rotatable bonds is 2. The number of nitrogens with zero attached hydrogens (tertiary/aromatic N) is 2. The molecule has 1 heterocycles. The van der Waals surface area contributed by atoms with Crippen molar-refractivity contribution in [3.8, 4) is 5.75 Å². The second-order valence-electron chi connectivity index (χ2n) is 4.99. The van der Waals surface area contributed by atoms with Crippen LogP contribution in [0.25, 0.3) is 0 Å². The van der Waals surface area contributed by atoms with Gasteiger partial charge in [0.15, 0.2) is 5.75 Å². The van der Waals surface area contributed by atoms with E-state index in [0.29, 0.717) is 22.5 Å². The predicted octanol–water partition coefficient (Wildman–Crippen LogP) is -2.18. The van der Waals surface area contributed by atoms with Crippen molar-refractivity contribution in [1.29, 1.82) is 0 Å². The molecule has 7 heteroatoms. The van der Waals surface area contributed by atoms with Gasteiger partial charge in [0.25, 0.3) is 0 Å². The number of halogens is 1. The zero-order chi connectivity index (χ0) is 12.7.